The fourth-order valence-electron chi connectivity index (χ4n) is 1.53. The van der Waals surface area contributed by atoms with Gasteiger partial charge in [-0.1, -0.05) is 0 Å². The summed E-state index contributed by atoms with van der Waals surface area (Å²) in [5.41, 5.74) is 0. The Kier molecular flexibility index (Phi) is 12.2. The molecule has 2 N–H and O–H groups in total. The van der Waals surface area contributed by atoms with Crippen LogP contribution in [-0.2, 0) is 30.0 Å². The van der Waals surface area contributed by atoms with E-state index in [0.717, 1.165) is 0 Å². The van der Waals surface area contributed by atoms with Crippen molar-refractivity contribution < 1.29 is 23.4 Å². The van der Waals surface area contributed by atoms with Gasteiger partial charge < -0.3 is 10.6 Å². The fraction of sp³-hybridized carbons (Fsp3) is 0.667. The van der Waals surface area contributed by atoms with Crippen LogP contribution in [0.3, 0.4) is 0 Å². The van der Waals surface area contributed by atoms with Crippen LogP contribution < -0.4 is 10.6 Å². The van der Waals surface area contributed by atoms with E-state index in [-0.39, 0.29) is 12.8 Å². The Morgan fingerprint density at radius 2 is 1.32 bits per heavy atom. The Balaban J connectivity index is 4.91. The van der Waals surface area contributed by atoms with Gasteiger partial charge in [0.05, 0.1) is 0 Å². The molecule has 0 aromatic carbocycles. The average molecular weight is 369 g/mol. The first kappa shape index (κ1) is 21.1. The number of amides is 2. The molecular formula is C12H20N2O5S3. The van der Waals surface area contributed by atoms with E-state index in [0.29, 0.717) is 24.3 Å². The van der Waals surface area contributed by atoms with Crippen molar-refractivity contribution >= 4 is 57.4 Å². The number of nitrogens with one attached hydrogen (secondary N) is 2. The second-order valence-corrected chi connectivity index (χ2v) is 7.46. The Hall–Kier alpha value is -0.870. The van der Waals surface area contributed by atoms with Crippen LogP contribution in [0, 0.1) is 0 Å². The van der Waals surface area contributed by atoms with E-state index in [2.05, 4.69) is 10.6 Å². The van der Waals surface area contributed by atoms with Crippen LogP contribution in [0.2, 0.25) is 0 Å². The minimum absolute atomic E-state index is 0.286. The molecule has 0 fully saturated rings. The maximum absolute atomic E-state index is 12.1. The van der Waals surface area contributed by atoms with Crippen LogP contribution in [-0.4, -0.2) is 63.4 Å². The zero-order chi connectivity index (χ0) is 17.0. The summed E-state index contributed by atoms with van der Waals surface area (Å²) in [6.07, 6.45) is 4.93. The highest BCUT2D eigenvalue weighted by Crippen LogP contribution is 2.08. The topological polar surface area (TPSA) is 109 Å². The van der Waals surface area contributed by atoms with E-state index in [1.807, 2.05) is 12.5 Å². The fourth-order valence-corrected chi connectivity index (χ4v) is 3.56. The lowest BCUT2D eigenvalue weighted by Gasteiger charge is -2.16. The molecule has 0 spiro atoms. The number of carbonyl (C=O) groups is 4. The van der Waals surface area contributed by atoms with Crippen molar-refractivity contribution in [2.45, 2.75) is 24.9 Å². The van der Waals surface area contributed by atoms with Crippen molar-refractivity contribution in [2.75, 3.05) is 24.0 Å². The standard InChI is InChI=1S/C12H20N2O5S3/c1-20-5-3-9(13-7-15)11(17)22(19)12(18)10(14-8-16)4-6-21-2/h7-10H,3-6H2,1-2H3,(H,13,15)(H,14,16)/t9-,10-/m0/s1. The van der Waals surface area contributed by atoms with Gasteiger partial charge in [-0.2, -0.15) is 23.5 Å². The summed E-state index contributed by atoms with van der Waals surface area (Å²) in [5.74, 6) is 1.15. The molecule has 0 aromatic rings. The van der Waals surface area contributed by atoms with Crippen LogP contribution >= 0.6 is 23.5 Å². The third-order valence-electron chi connectivity index (χ3n) is 2.69. The van der Waals surface area contributed by atoms with E-state index in [9.17, 15) is 23.4 Å². The Morgan fingerprint density at radius 1 is 0.955 bits per heavy atom. The molecule has 0 heterocycles. The van der Waals surface area contributed by atoms with Gasteiger partial charge in [0.25, 0.3) is 0 Å². The maximum Gasteiger partial charge on any atom is 0.248 e. The molecule has 2 atom stereocenters. The van der Waals surface area contributed by atoms with E-state index in [4.69, 9.17) is 0 Å². The summed E-state index contributed by atoms with van der Waals surface area (Å²) in [7, 11) is -2.42. The number of hydrogen-bond donors (Lipinski definition) is 2. The molecule has 10 heteroatoms. The smallest absolute Gasteiger partial charge is 0.248 e. The summed E-state index contributed by atoms with van der Waals surface area (Å²) in [6, 6.07) is -1.93. The number of carbonyl (C=O) groups excluding carboxylic acids is 4. The summed E-state index contributed by atoms with van der Waals surface area (Å²) in [4.78, 5) is 45.3. The quantitative estimate of drug-likeness (QED) is 0.448. The van der Waals surface area contributed by atoms with Gasteiger partial charge >= 0.3 is 0 Å². The summed E-state index contributed by atoms with van der Waals surface area (Å²) < 4.78 is 12.1. The van der Waals surface area contributed by atoms with Crippen LogP contribution in [0.1, 0.15) is 12.8 Å². The summed E-state index contributed by atoms with van der Waals surface area (Å²) in [5, 5.41) is 2.89. The Labute approximate surface area is 140 Å². The van der Waals surface area contributed by atoms with Gasteiger partial charge in [-0.3, -0.25) is 19.2 Å². The largest absolute Gasteiger partial charge is 0.348 e. The maximum atomic E-state index is 12.1. The molecule has 0 rings (SSSR count). The van der Waals surface area contributed by atoms with Gasteiger partial charge in [-0.05, 0) is 36.9 Å². The van der Waals surface area contributed by atoms with Gasteiger partial charge in [0, 0.05) is 0 Å². The molecule has 0 saturated heterocycles. The Morgan fingerprint density at radius 3 is 1.59 bits per heavy atom. The molecule has 0 radical (unpaired) electrons. The van der Waals surface area contributed by atoms with Crippen LogP contribution in [0.4, 0.5) is 0 Å². The second kappa shape index (κ2) is 12.7. The van der Waals surface area contributed by atoms with Gasteiger partial charge in [-0.15, -0.1) is 0 Å². The first-order valence-electron chi connectivity index (χ1n) is 6.40. The first-order valence-corrected chi connectivity index (χ1v) is 10.3. The van der Waals surface area contributed by atoms with Crippen molar-refractivity contribution in [3.8, 4) is 0 Å². The van der Waals surface area contributed by atoms with Crippen molar-refractivity contribution in [3.05, 3.63) is 0 Å². The molecule has 0 aliphatic heterocycles. The normalized spacial score (nSPS) is 13.2. The van der Waals surface area contributed by atoms with E-state index < -0.39 is 33.1 Å². The molecule has 0 unspecified atom stereocenters. The predicted octanol–water partition coefficient (Wildman–Crippen LogP) is -0.476. The summed E-state index contributed by atoms with van der Waals surface area (Å²) in [6.45, 7) is 0. The van der Waals surface area contributed by atoms with Gasteiger partial charge in [0.15, 0.2) is 10.8 Å². The third-order valence-corrected chi connectivity index (χ3v) is 5.28. The zero-order valence-electron chi connectivity index (χ0n) is 12.4. The third kappa shape index (κ3) is 7.41. The molecule has 126 valence electrons. The SMILES string of the molecule is CSCC[C@H](NC=O)C(=O)S(=O)C(=O)[C@H](CCSC)NC=O. The molecule has 22 heavy (non-hydrogen) atoms. The number of hydrogen-bond acceptors (Lipinski definition) is 7. The van der Waals surface area contributed by atoms with Crippen molar-refractivity contribution in [2.24, 2.45) is 0 Å². The van der Waals surface area contributed by atoms with E-state index in [1.165, 1.54) is 23.5 Å². The van der Waals surface area contributed by atoms with Crippen molar-refractivity contribution in [3.63, 3.8) is 0 Å². The first-order chi connectivity index (χ1) is 10.5. The molecule has 0 aliphatic carbocycles. The van der Waals surface area contributed by atoms with E-state index in [1.54, 1.807) is 0 Å². The molecule has 0 aromatic heterocycles. The van der Waals surface area contributed by atoms with Crippen molar-refractivity contribution in [1.29, 1.82) is 0 Å². The zero-order valence-corrected chi connectivity index (χ0v) is 14.9. The molecule has 0 aliphatic rings. The van der Waals surface area contributed by atoms with Crippen LogP contribution in [0.25, 0.3) is 0 Å². The lowest BCUT2D eigenvalue weighted by molar-refractivity contribution is -0.119. The van der Waals surface area contributed by atoms with E-state index >= 15 is 0 Å². The second-order valence-electron chi connectivity index (χ2n) is 4.14. The van der Waals surface area contributed by atoms with Gasteiger partial charge in [0.2, 0.25) is 23.1 Å². The molecule has 7 nitrogen and oxygen atoms in total. The summed E-state index contributed by atoms with van der Waals surface area (Å²) >= 11 is 2.93. The molecular weight excluding hydrogens is 348 g/mol. The van der Waals surface area contributed by atoms with Crippen LogP contribution in [0.5, 0.6) is 0 Å². The lowest BCUT2D eigenvalue weighted by atomic mass is 10.2. The van der Waals surface area contributed by atoms with Crippen LogP contribution in [0.15, 0.2) is 0 Å². The monoisotopic (exact) mass is 368 g/mol. The highest BCUT2D eigenvalue weighted by atomic mass is 32.2. The molecule has 2 amide bonds. The highest BCUT2D eigenvalue weighted by Gasteiger charge is 2.32. The molecule has 0 bridgehead atoms. The Bertz CT molecular complexity index is 384. The highest BCUT2D eigenvalue weighted by molar-refractivity contribution is 8.13. The predicted molar refractivity (Wildman–Crippen MR) is 90.1 cm³/mol. The van der Waals surface area contributed by atoms with Crippen molar-refractivity contribution in [1.82, 2.24) is 10.6 Å². The minimum Gasteiger partial charge on any atom is -0.348 e. The minimum atomic E-state index is -2.42. The lowest BCUT2D eigenvalue weighted by Crippen LogP contribution is -2.45. The molecule has 0 saturated carbocycles. The van der Waals surface area contributed by atoms with Gasteiger partial charge in [-0.25, -0.2) is 4.21 Å². The number of rotatable bonds is 12. The average Bonchev–Trinajstić information content (AvgIpc) is 2.53. The number of thioether (sulfide) groups is 2. The van der Waals surface area contributed by atoms with Gasteiger partial charge in [0.1, 0.15) is 12.1 Å².